The molecule has 0 aliphatic carbocycles. The molecule has 0 fully saturated rings. The standard InChI is InChI=1S/C7H17NO2S/c1-7(2,8-3)5-6-11(4,9)10/h8H,5-6H2,1-4H3. The van der Waals surface area contributed by atoms with E-state index in [0.29, 0.717) is 6.42 Å². The maximum absolute atomic E-state index is 10.8. The lowest BCUT2D eigenvalue weighted by atomic mass is 10.0. The van der Waals surface area contributed by atoms with E-state index in [1.54, 1.807) is 0 Å². The van der Waals surface area contributed by atoms with Crippen molar-refractivity contribution in [2.24, 2.45) is 0 Å². The van der Waals surface area contributed by atoms with Gasteiger partial charge in [-0.05, 0) is 27.3 Å². The Labute approximate surface area is 69.1 Å². The van der Waals surface area contributed by atoms with Gasteiger partial charge in [0, 0.05) is 11.8 Å². The maximum atomic E-state index is 10.8. The summed E-state index contributed by atoms with van der Waals surface area (Å²) in [4.78, 5) is 0. The first-order valence-corrected chi connectivity index (χ1v) is 5.69. The quantitative estimate of drug-likeness (QED) is 0.680. The fourth-order valence-electron chi connectivity index (χ4n) is 0.566. The van der Waals surface area contributed by atoms with Crippen molar-refractivity contribution < 1.29 is 8.42 Å². The molecule has 3 nitrogen and oxygen atoms in total. The molecule has 0 aliphatic rings. The summed E-state index contributed by atoms with van der Waals surface area (Å²) >= 11 is 0. The van der Waals surface area contributed by atoms with E-state index < -0.39 is 9.84 Å². The van der Waals surface area contributed by atoms with Crippen molar-refractivity contribution in [1.29, 1.82) is 0 Å². The van der Waals surface area contributed by atoms with E-state index >= 15 is 0 Å². The second-order valence-corrected chi connectivity index (χ2v) is 5.77. The van der Waals surface area contributed by atoms with Gasteiger partial charge in [0.2, 0.25) is 0 Å². The predicted octanol–water partition coefficient (Wildman–Crippen LogP) is 0.419. The third kappa shape index (κ3) is 6.31. The summed E-state index contributed by atoms with van der Waals surface area (Å²) < 4.78 is 21.5. The van der Waals surface area contributed by atoms with E-state index in [0.717, 1.165) is 0 Å². The van der Waals surface area contributed by atoms with Gasteiger partial charge in [-0.2, -0.15) is 0 Å². The molecule has 0 atom stereocenters. The molecule has 0 rings (SSSR count). The third-order valence-electron chi connectivity index (χ3n) is 1.77. The van der Waals surface area contributed by atoms with Gasteiger partial charge in [0.05, 0.1) is 5.75 Å². The van der Waals surface area contributed by atoms with Crippen LogP contribution < -0.4 is 5.32 Å². The van der Waals surface area contributed by atoms with Gasteiger partial charge in [0.25, 0.3) is 0 Å². The summed E-state index contributed by atoms with van der Waals surface area (Å²) in [5.74, 6) is 0.251. The molecule has 0 aliphatic heterocycles. The molecule has 68 valence electrons. The average molecular weight is 179 g/mol. The highest BCUT2D eigenvalue weighted by atomic mass is 32.2. The second-order valence-electron chi connectivity index (χ2n) is 3.51. The lowest BCUT2D eigenvalue weighted by molar-refractivity contribution is 0.410. The molecule has 1 N–H and O–H groups in total. The summed E-state index contributed by atoms with van der Waals surface area (Å²) in [5.41, 5.74) is -0.0803. The van der Waals surface area contributed by atoms with Gasteiger partial charge in [-0.15, -0.1) is 0 Å². The molecule has 0 amide bonds. The first-order valence-electron chi connectivity index (χ1n) is 3.63. The summed E-state index contributed by atoms with van der Waals surface area (Å²) in [6.45, 7) is 3.97. The molecule has 11 heavy (non-hydrogen) atoms. The van der Waals surface area contributed by atoms with Crippen LogP contribution in [0.1, 0.15) is 20.3 Å². The minimum atomic E-state index is -2.81. The van der Waals surface area contributed by atoms with Gasteiger partial charge in [-0.25, -0.2) is 8.42 Å². The van der Waals surface area contributed by atoms with Crippen LogP contribution in [0.5, 0.6) is 0 Å². The third-order valence-corrected chi connectivity index (χ3v) is 2.72. The Hall–Kier alpha value is -0.0900. The van der Waals surface area contributed by atoms with E-state index in [4.69, 9.17) is 0 Å². The fourth-order valence-corrected chi connectivity index (χ4v) is 1.45. The number of sulfone groups is 1. The Morgan fingerprint density at radius 3 is 2.09 bits per heavy atom. The number of hydrogen-bond donors (Lipinski definition) is 1. The van der Waals surface area contributed by atoms with E-state index in [1.165, 1.54) is 6.26 Å². The fraction of sp³-hybridized carbons (Fsp3) is 1.00. The molecule has 4 heteroatoms. The monoisotopic (exact) mass is 179 g/mol. The molecule has 0 bridgehead atoms. The zero-order valence-corrected chi connectivity index (χ0v) is 8.46. The SMILES string of the molecule is CNC(C)(C)CCS(C)(=O)=O. The van der Waals surface area contributed by atoms with Gasteiger partial charge < -0.3 is 5.32 Å². The van der Waals surface area contributed by atoms with Crippen LogP contribution >= 0.6 is 0 Å². The summed E-state index contributed by atoms with van der Waals surface area (Å²) in [7, 11) is -0.972. The molecule has 0 heterocycles. The molecule has 0 aromatic heterocycles. The first kappa shape index (κ1) is 10.9. The Morgan fingerprint density at radius 1 is 1.36 bits per heavy atom. The van der Waals surface area contributed by atoms with Crippen molar-refractivity contribution >= 4 is 9.84 Å². The van der Waals surface area contributed by atoms with Crippen molar-refractivity contribution in [2.45, 2.75) is 25.8 Å². The van der Waals surface area contributed by atoms with Gasteiger partial charge in [-0.3, -0.25) is 0 Å². The second kappa shape index (κ2) is 3.54. The molecule has 0 saturated heterocycles. The molecular weight excluding hydrogens is 162 g/mol. The van der Waals surface area contributed by atoms with Crippen LogP contribution in [-0.4, -0.2) is 33.0 Å². The topological polar surface area (TPSA) is 46.2 Å². The van der Waals surface area contributed by atoms with Crippen LogP contribution in [0.2, 0.25) is 0 Å². The lowest BCUT2D eigenvalue weighted by Crippen LogP contribution is -2.37. The molecule has 0 spiro atoms. The van der Waals surface area contributed by atoms with Crippen LogP contribution in [-0.2, 0) is 9.84 Å². The number of hydrogen-bond acceptors (Lipinski definition) is 3. The zero-order valence-electron chi connectivity index (χ0n) is 7.64. The highest BCUT2D eigenvalue weighted by Gasteiger charge is 2.16. The van der Waals surface area contributed by atoms with E-state index in [9.17, 15) is 8.42 Å². The minimum Gasteiger partial charge on any atom is -0.315 e. The summed E-state index contributed by atoms with van der Waals surface area (Å²) in [6, 6.07) is 0. The van der Waals surface area contributed by atoms with Crippen LogP contribution in [0.4, 0.5) is 0 Å². The van der Waals surface area contributed by atoms with E-state index in [-0.39, 0.29) is 11.3 Å². The summed E-state index contributed by atoms with van der Waals surface area (Å²) in [6.07, 6.45) is 1.92. The van der Waals surface area contributed by atoms with Gasteiger partial charge >= 0.3 is 0 Å². The Bertz CT molecular complexity index is 206. The molecule has 0 aromatic carbocycles. The van der Waals surface area contributed by atoms with Crippen molar-refractivity contribution in [1.82, 2.24) is 5.32 Å². The Kier molecular flexibility index (Phi) is 3.51. The number of rotatable bonds is 4. The summed E-state index contributed by atoms with van der Waals surface area (Å²) in [5, 5.41) is 3.05. The van der Waals surface area contributed by atoms with E-state index in [2.05, 4.69) is 5.32 Å². The number of nitrogens with one attached hydrogen (secondary N) is 1. The van der Waals surface area contributed by atoms with Gasteiger partial charge in [-0.1, -0.05) is 0 Å². The van der Waals surface area contributed by atoms with E-state index in [1.807, 2.05) is 20.9 Å². The molecule has 0 saturated carbocycles. The van der Waals surface area contributed by atoms with Crippen molar-refractivity contribution in [3.05, 3.63) is 0 Å². The average Bonchev–Trinajstić information content (AvgIpc) is 1.83. The van der Waals surface area contributed by atoms with Gasteiger partial charge in [0.1, 0.15) is 9.84 Å². The largest absolute Gasteiger partial charge is 0.315 e. The maximum Gasteiger partial charge on any atom is 0.147 e. The smallest absolute Gasteiger partial charge is 0.147 e. The molecule has 0 unspecified atom stereocenters. The van der Waals surface area contributed by atoms with Crippen LogP contribution in [0.3, 0.4) is 0 Å². The molecule has 0 aromatic rings. The van der Waals surface area contributed by atoms with Crippen LogP contribution in [0.15, 0.2) is 0 Å². The Balaban J connectivity index is 3.90. The Morgan fingerprint density at radius 2 is 1.82 bits per heavy atom. The van der Waals surface area contributed by atoms with Gasteiger partial charge in [0.15, 0.2) is 0 Å². The zero-order chi connectivity index (χ0) is 9.12. The van der Waals surface area contributed by atoms with Crippen LogP contribution in [0, 0.1) is 0 Å². The first-order chi connectivity index (χ1) is 4.77. The molecule has 0 radical (unpaired) electrons. The highest BCUT2D eigenvalue weighted by molar-refractivity contribution is 7.90. The minimum absolute atomic E-state index is 0.0803. The normalized spacial score (nSPS) is 13.5. The van der Waals surface area contributed by atoms with Crippen LogP contribution in [0.25, 0.3) is 0 Å². The van der Waals surface area contributed by atoms with Crippen molar-refractivity contribution in [2.75, 3.05) is 19.1 Å². The van der Waals surface area contributed by atoms with Crippen molar-refractivity contribution in [3.8, 4) is 0 Å². The lowest BCUT2D eigenvalue weighted by Gasteiger charge is -2.23. The van der Waals surface area contributed by atoms with Crippen molar-refractivity contribution in [3.63, 3.8) is 0 Å². The molecular formula is C7H17NO2S. The predicted molar refractivity (Wildman–Crippen MR) is 47.5 cm³/mol. The highest BCUT2D eigenvalue weighted by Crippen LogP contribution is 2.07.